The summed E-state index contributed by atoms with van der Waals surface area (Å²) in [7, 11) is 0. The Labute approximate surface area is 152 Å². The smallest absolute Gasteiger partial charge is 0.239 e. The van der Waals surface area contributed by atoms with E-state index < -0.39 is 11.2 Å². The summed E-state index contributed by atoms with van der Waals surface area (Å²) in [6.07, 6.45) is 1.25. The van der Waals surface area contributed by atoms with E-state index in [0.717, 1.165) is 0 Å². The largest absolute Gasteiger partial charge is 0.347 e. The molecule has 2 aliphatic rings. The Morgan fingerprint density at radius 1 is 1.16 bits per heavy atom. The summed E-state index contributed by atoms with van der Waals surface area (Å²) in [4.78, 5) is 27.3. The molecule has 3 rings (SSSR count). The van der Waals surface area contributed by atoms with Crippen LogP contribution >= 0.6 is 11.6 Å². The Balaban J connectivity index is 1.64. The molecule has 136 valence electrons. The normalized spacial score (nSPS) is 19.9. The Bertz CT molecular complexity index is 661. The van der Waals surface area contributed by atoms with E-state index in [1.807, 2.05) is 0 Å². The van der Waals surface area contributed by atoms with Crippen LogP contribution in [0, 0.1) is 5.41 Å². The van der Waals surface area contributed by atoms with Gasteiger partial charge in [-0.1, -0.05) is 23.7 Å². The molecule has 2 amide bonds. The first kappa shape index (κ1) is 18.2. The highest BCUT2D eigenvalue weighted by Crippen LogP contribution is 2.33. The van der Waals surface area contributed by atoms with Crippen LogP contribution in [0.15, 0.2) is 24.3 Å². The molecule has 1 aromatic rings. The van der Waals surface area contributed by atoms with E-state index >= 15 is 0 Å². The predicted molar refractivity (Wildman–Crippen MR) is 94.3 cm³/mol. The summed E-state index contributed by atoms with van der Waals surface area (Å²) in [6.45, 7) is 5.49. The van der Waals surface area contributed by atoms with Gasteiger partial charge in [-0.05, 0) is 26.0 Å². The van der Waals surface area contributed by atoms with Crippen LogP contribution in [0.5, 0.6) is 0 Å². The van der Waals surface area contributed by atoms with Gasteiger partial charge in [-0.25, -0.2) is 0 Å². The van der Waals surface area contributed by atoms with Gasteiger partial charge in [-0.3, -0.25) is 9.59 Å². The van der Waals surface area contributed by atoms with Crippen molar-refractivity contribution < 1.29 is 19.1 Å². The van der Waals surface area contributed by atoms with Crippen molar-refractivity contribution in [1.29, 1.82) is 0 Å². The molecule has 1 aromatic carbocycles. The molecule has 7 heteroatoms. The third-order valence-corrected chi connectivity index (χ3v) is 5.18. The molecule has 2 fully saturated rings. The number of nitrogens with zero attached hydrogens (tertiary/aromatic N) is 1. The van der Waals surface area contributed by atoms with Crippen LogP contribution in [0.1, 0.15) is 26.7 Å². The van der Waals surface area contributed by atoms with E-state index in [1.165, 1.54) is 0 Å². The van der Waals surface area contributed by atoms with Gasteiger partial charge >= 0.3 is 0 Å². The number of likely N-dealkylation sites (tertiary alicyclic amines) is 1. The second-order valence-electron chi connectivity index (χ2n) is 6.96. The molecule has 2 aliphatic heterocycles. The molecule has 0 unspecified atom stereocenters. The zero-order valence-corrected chi connectivity index (χ0v) is 15.3. The van der Waals surface area contributed by atoms with E-state index in [9.17, 15) is 9.59 Å². The fraction of sp³-hybridized carbons (Fsp3) is 0.556. The number of halogens is 1. The van der Waals surface area contributed by atoms with E-state index in [1.54, 1.807) is 43.0 Å². The van der Waals surface area contributed by atoms with Crippen LogP contribution in [-0.2, 0) is 19.1 Å². The average Bonchev–Trinajstić information content (AvgIpc) is 3.05. The van der Waals surface area contributed by atoms with E-state index in [4.69, 9.17) is 21.1 Å². The van der Waals surface area contributed by atoms with Crippen LogP contribution in [0.2, 0.25) is 5.02 Å². The molecule has 25 heavy (non-hydrogen) atoms. The van der Waals surface area contributed by atoms with Crippen molar-refractivity contribution in [2.75, 3.05) is 31.6 Å². The number of hydrogen-bond acceptors (Lipinski definition) is 4. The van der Waals surface area contributed by atoms with Gasteiger partial charge in [0.05, 0.1) is 23.9 Å². The molecular weight excluding hydrogens is 344 g/mol. The number of carbonyl (C=O) groups is 2. The highest BCUT2D eigenvalue weighted by atomic mass is 35.5. The summed E-state index contributed by atoms with van der Waals surface area (Å²) in [5, 5.41) is 3.19. The van der Waals surface area contributed by atoms with Gasteiger partial charge in [0.1, 0.15) is 5.41 Å². The third-order valence-electron chi connectivity index (χ3n) is 4.85. The first-order valence-corrected chi connectivity index (χ1v) is 8.85. The van der Waals surface area contributed by atoms with Crippen molar-refractivity contribution in [3.05, 3.63) is 29.3 Å². The Morgan fingerprint density at radius 2 is 1.76 bits per heavy atom. The summed E-state index contributed by atoms with van der Waals surface area (Å²) >= 11 is 6.08. The van der Waals surface area contributed by atoms with E-state index in [-0.39, 0.29) is 11.8 Å². The maximum Gasteiger partial charge on any atom is 0.239 e. The second-order valence-corrected chi connectivity index (χ2v) is 7.37. The number of anilines is 1. The summed E-state index contributed by atoms with van der Waals surface area (Å²) in [5.41, 5.74) is -0.693. The SMILES string of the molecule is CC(C)(C(=O)Nc1ccccc1Cl)C(=O)N1CCC2(CC1)OCCO2. The lowest BCUT2D eigenvalue weighted by Crippen LogP contribution is -2.53. The standard InChI is InChI=1S/C18H23ClN2O4/c1-17(2,15(22)20-14-6-4-3-5-13(14)19)16(23)21-9-7-18(8-10-21)24-11-12-25-18/h3-6H,7-12H2,1-2H3,(H,20,22). The number of carbonyl (C=O) groups excluding carboxylic acids is 2. The first-order valence-electron chi connectivity index (χ1n) is 8.47. The molecule has 2 heterocycles. The van der Waals surface area contributed by atoms with Crippen molar-refractivity contribution in [3.63, 3.8) is 0 Å². The Hall–Kier alpha value is -1.63. The number of para-hydroxylation sites is 1. The van der Waals surface area contributed by atoms with Crippen LogP contribution in [-0.4, -0.2) is 48.8 Å². The van der Waals surface area contributed by atoms with Crippen LogP contribution in [0.3, 0.4) is 0 Å². The molecule has 1 spiro atoms. The summed E-state index contributed by atoms with van der Waals surface area (Å²) in [5.74, 6) is -1.12. The minimum absolute atomic E-state index is 0.204. The van der Waals surface area contributed by atoms with Crippen LogP contribution < -0.4 is 5.32 Å². The molecule has 0 radical (unpaired) electrons. The van der Waals surface area contributed by atoms with Gasteiger partial charge in [0.25, 0.3) is 0 Å². The minimum Gasteiger partial charge on any atom is -0.347 e. The number of piperidine rings is 1. The van der Waals surface area contributed by atoms with Crippen molar-refractivity contribution >= 4 is 29.1 Å². The lowest BCUT2D eigenvalue weighted by Gasteiger charge is -2.40. The minimum atomic E-state index is -1.19. The molecule has 0 bridgehead atoms. The first-order chi connectivity index (χ1) is 11.8. The molecule has 0 aliphatic carbocycles. The second kappa shape index (κ2) is 6.94. The molecular formula is C18H23ClN2O4. The van der Waals surface area contributed by atoms with Gasteiger partial charge in [-0.2, -0.15) is 0 Å². The van der Waals surface area contributed by atoms with Crippen LogP contribution in [0.4, 0.5) is 5.69 Å². The maximum absolute atomic E-state index is 12.9. The fourth-order valence-corrected chi connectivity index (χ4v) is 3.35. The van der Waals surface area contributed by atoms with Gasteiger partial charge in [0.2, 0.25) is 11.8 Å². The maximum atomic E-state index is 12.9. The number of nitrogens with one attached hydrogen (secondary N) is 1. The molecule has 6 nitrogen and oxygen atoms in total. The Kier molecular flexibility index (Phi) is 5.04. The summed E-state index contributed by atoms with van der Waals surface area (Å²) in [6, 6.07) is 6.96. The van der Waals surface area contributed by atoms with Crippen molar-refractivity contribution in [3.8, 4) is 0 Å². The number of benzene rings is 1. The third kappa shape index (κ3) is 3.66. The van der Waals surface area contributed by atoms with Gasteiger partial charge in [-0.15, -0.1) is 0 Å². The molecule has 2 saturated heterocycles. The molecule has 1 N–H and O–H groups in total. The quantitative estimate of drug-likeness (QED) is 0.835. The lowest BCUT2D eigenvalue weighted by molar-refractivity contribution is -0.189. The van der Waals surface area contributed by atoms with Crippen molar-refractivity contribution in [2.45, 2.75) is 32.5 Å². The average molecular weight is 367 g/mol. The summed E-state index contributed by atoms with van der Waals surface area (Å²) < 4.78 is 11.4. The number of amides is 2. The highest BCUT2D eigenvalue weighted by Gasteiger charge is 2.45. The molecule has 0 saturated carbocycles. The predicted octanol–water partition coefficient (Wildman–Crippen LogP) is 2.67. The zero-order chi connectivity index (χ0) is 18.1. The zero-order valence-electron chi connectivity index (χ0n) is 14.5. The van der Waals surface area contributed by atoms with Crippen LogP contribution in [0.25, 0.3) is 0 Å². The topological polar surface area (TPSA) is 67.9 Å². The number of rotatable bonds is 3. The van der Waals surface area contributed by atoms with E-state index in [2.05, 4.69) is 5.32 Å². The van der Waals surface area contributed by atoms with Gasteiger partial charge in [0, 0.05) is 25.9 Å². The highest BCUT2D eigenvalue weighted by molar-refractivity contribution is 6.33. The number of ether oxygens (including phenoxy) is 2. The Morgan fingerprint density at radius 3 is 2.36 bits per heavy atom. The van der Waals surface area contributed by atoms with Gasteiger partial charge in [0.15, 0.2) is 5.79 Å². The monoisotopic (exact) mass is 366 g/mol. The van der Waals surface area contributed by atoms with E-state index in [0.29, 0.717) is 49.9 Å². The molecule has 0 aromatic heterocycles. The number of hydrogen-bond donors (Lipinski definition) is 1. The van der Waals surface area contributed by atoms with Gasteiger partial charge < -0.3 is 19.7 Å². The lowest BCUT2D eigenvalue weighted by atomic mass is 9.88. The molecule has 0 atom stereocenters. The fourth-order valence-electron chi connectivity index (χ4n) is 3.17. The van der Waals surface area contributed by atoms with Crippen molar-refractivity contribution in [1.82, 2.24) is 4.90 Å². The van der Waals surface area contributed by atoms with Crippen molar-refractivity contribution in [2.24, 2.45) is 5.41 Å².